The Labute approximate surface area is 133 Å². The van der Waals surface area contributed by atoms with E-state index < -0.39 is 15.7 Å². The highest BCUT2D eigenvalue weighted by atomic mass is 32.2. The Morgan fingerprint density at radius 2 is 1.86 bits per heavy atom. The first-order valence-corrected chi connectivity index (χ1v) is 8.81. The summed E-state index contributed by atoms with van der Waals surface area (Å²) in [4.78, 5) is 27.0. The molecule has 0 bridgehead atoms. The summed E-state index contributed by atoms with van der Waals surface area (Å²) in [5.41, 5.74) is 0. The van der Waals surface area contributed by atoms with E-state index in [1.165, 1.54) is 0 Å². The summed E-state index contributed by atoms with van der Waals surface area (Å²) in [6.07, 6.45) is 1.49. The number of nitrogens with zero attached hydrogens (tertiary/aromatic N) is 2. The van der Waals surface area contributed by atoms with E-state index in [0.29, 0.717) is 52.1 Å². The zero-order valence-electron chi connectivity index (χ0n) is 13.2. The number of hydrogen-bond acceptors (Lipinski definition) is 5. The average molecular weight is 332 g/mol. The number of hydrogen-bond donors (Lipinski definition) is 0. The maximum Gasteiger partial charge on any atom is 0.236 e. The van der Waals surface area contributed by atoms with Crippen LogP contribution in [0.25, 0.3) is 0 Å². The molecular formula is C14H24N2O5S. The van der Waals surface area contributed by atoms with Gasteiger partial charge in [-0.3, -0.25) is 13.8 Å². The number of rotatable bonds is 6. The van der Waals surface area contributed by atoms with Gasteiger partial charge in [-0.25, -0.2) is 0 Å². The van der Waals surface area contributed by atoms with Crippen LogP contribution in [0.2, 0.25) is 0 Å². The minimum absolute atomic E-state index is 0.0512. The van der Waals surface area contributed by atoms with Gasteiger partial charge < -0.3 is 19.3 Å². The van der Waals surface area contributed by atoms with Gasteiger partial charge in [-0.1, -0.05) is 0 Å². The second-order valence-corrected chi connectivity index (χ2v) is 7.34. The van der Waals surface area contributed by atoms with Gasteiger partial charge in [-0.15, -0.1) is 0 Å². The Bertz CT molecular complexity index is 449. The van der Waals surface area contributed by atoms with Gasteiger partial charge in [-0.05, 0) is 0 Å². The van der Waals surface area contributed by atoms with Gasteiger partial charge in [0, 0.05) is 46.7 Å². The topological polar surface area (TPSA) is 76.2 Å². The molecule has 1 spiro atoms. The van der Waals surface area contributed by atoms with Gasteiger partial charge in [0.15, 0.2) is 0 Å². The Morgan fingerprint density at radius 1 is 1.23 bits per heavy atom. The first-order chi connectivity index (χ1) is 10.5. The van der Waals surface area contributed by atoms with Crippen LogP contribution in [0.4, 0.5) is 0 Å². The Hall–Kier alpha value is -0.990. The van der Waals surface area contributed by atoms with Crippen LogP contribution in [0.1, 0.15) is 19.3 Å². The van der Waals surface area contributed by atoms with Crippen LogP contribution in [0.5, 0.6) is 0 Å². The van der Waals surface area contributed by atoms with E-state index >= 15 is 0 Å². The van der Waals surface area contributed by atoms with E-state index in [2.05, 4.69) is 0 Å². The summed E-state index contributed by atoms with van der Waals surface area (Å²) in [6.45, 7) is 2.36. The molecular weight excluding hydrogens is 308 g/mol. The molecule has 0 saturated carbocycles. The molecule has 7 nitrogen and oxygen atoms in total. The summed E-state index contributed by atoms with van der Waals surface area (Å²) in [7, 11) is 1.95. The minimum Gasteiger partial charge on any atom is -0.384 e. The van der Waals surface area contributed by atoms with Crippen molar-refractivity contribution in [1.82, 2.24) is 9.80 Å². The predicted octanol–water partition coefficient (Wildman–Crippen LogP) is -0.421. The van der Waals surface area contributed by atoms with Gasteiger partial charge in [0.05, 0.1) is 30.4 Å². The van der Waals surface area contributed by atoms with E-state index in [1.807, 2.05) is 0 Å². The smallest absolute Gasteiger partial charge is 0.236 e. The van der Waals surface area contributed by atoms with Crippen molar-refractivity contribution in [3.8, 4) is 0 Å². The van der Waals surface area contributed by atoms with Crippen molar-refractivity contribution < 1.29 is 23.3 Å². The second kappa shape index (κ2) is 7.52. The molecule has 2 aliphatic heterocycles. The van der Waals surface area contributed by atoms with Gasteiger partial charge in [0.2, 0.25) is 11.8 Å². The van der Waals surface area contributed by atoms with Crippen LogP contribution in [0, 0.1) is 0 Å². The fourth-order valence-corrected chi connectivity index (χ4v) is 4.86. The molecule has 1 unspecified atom stereocenters. The predicted molar refractivity (Wildman–Crippen MR) is 81.6 cm³/mol. The molecule has 2 aliphatic rings. The number of piperidine rings is 1. The van der Waals surface area contributed by atoms with Crippen molar-refractivity contribution >= 4 is 22.6 Å². The first kappa shape index (κ1) is 17.4. The third kappa shape index (κ3) is 3.33. The summed E-state index contributed by atoms with van der Waals surface area (Å²) in [5.74, 6) is 0.0613. The number of methoxy groups -OCH3 is 2. The number of ether oxygens (including phenoxy) is 2. The molecule has 0 aromatic rings. The fraction of sp³-hybridized carbons (Fsp3) is 0.857. The zero-order chi connectivity index (χ0) is 16.2. The normalized spacial score (nSPS) is 24.3. The lowest BCUT2D eigenvalue weighted by Gasteiger charge is -2.43. The van der Waals surface area contributed by atoms with Crippen LogP contribution < -0.4 is 0 Å². The largest absolute Gasteiger partial charge is 0.384 e. The molecule has 126 valence electrons. The van der Waals surface area contributed by atoms with Crippen molar-refractivity contribution in [3.05, 3.63) is 0 Å². The Kier molecular flexibility index (Phi) is 5.94. The molecule has 0 N–H and O–H groups in total. The monoisotopic (exact) mass is 332 g/mol. The van der Waals surface area contributed by atoms with Gasteiger partial charge >= 0.3 is 0 Å². The first-order valence-electron chi connectivity index (χ1n) is 7.50. The van der Waals surface area contributed by atoms with Gasteiger partial charge in [-0.2, -0.15) is 0 Å². The number of likely N-dealkylation sites (tertiary alicyclic amines) is 1. The van der Waals surface area contributed by atoms with Crippen molar-refractivity contribution in [2.24, 2.45) is 0 Å². The number of carbonyl (C=O) groups is 2. The molecule has 0 aromatic carbocycles. The molecule has 8 heteroatoms. The molecule has 0 radical (unpaired) electrons. The third-order valence-corrected chi connectivity index (χ3v) is 6.39. The van der Waals surface area contributed by atoms with Crippen molar-refractivity contribution in [2.45, 2.75) is 24.1 Å². The van der Waals surface area contributed by atoms with Crippen LogP contribution >= 0.6 is 0 Å². The van der Waals surface area contributed by atoms with Crippen molar-refractivity contribution in [2.75, 3.05) is 52.8 Å². The van der Waals surface area contributed by atoms with E-state index in [4.69, 9.17) is 9.47 Å². The van der Waals surface area contributed by atoms with Crippen LogP contribution in [-0.4, -0.2) is 83.5 Å². The minimum atomic E-state index is -1.21. The molecule has 2 amide bonds. The molecule has 0 aromatic heterocycles. The SMILES string of the molecule is COCCC(=O)N1CCC2(CC1)N(CCOC)C(=O)CS2=O. The van der Waals surface area contributed by atoms with E-state index in [-0.39, 0.29) is 17.6 Å². The standard InChI is InChI=1S/C14H24N2O5S/c1-20-9-3-12(17)15-6-4-14(5-7-15)16(8-10-21-2)13(18)11-22(14)19/h3-11H2,1-2H3. The van der Waals surface area contributed by atoms with Crippen molar-refractivity contribution in [3.63, 3.8) is 0 Å². The third-order valence-electron chi connectivity index (χ3n) is 4.41. The molecule has 0 aliphatic carbocycles. The molecule has 2 heterocycles. The summed E-state index contributed by atoms with van der Waals surface area (Å²) in [6, 6.07) is 0. The highest BCUT2D eigenvalue weighted by Gasteiger charge is 2.52. The summed E-state index contributed by atoms with van der Waals surface area (Å²) in [5, 5.41) is 0. The fourth-order valence-electron chi connectivity index (χ4n) is 3.14. The average Bonchev–Trinajstić information content (AvgIpc) is 2.74. The van der Waals surface area contributed by atoms with E-state index in [1.54, 1.807) is 24.0 Å². The van der Waals surface area contributed by atoms with Gasteiger partial charge in [0.25, 0.3) is 0 Å². The lowest BCUT2D eigenvalue weighted by atomic mass is 10.0. The van der Waals surface area contributed by atoms with Gasteiger partial charge in [0.1, 0.15) is 10.6 Å². The molecule has 2 rings (SSSR count). The maximum absolute atomic E-state index is 12.5. The molecule has 2 fully saturated rings. The quantitative estimate of drug-likeness (QED) is 0.660. The lowest BCUT2D eigenvalue weighted by Crippen LogP contribution is -2.56. The number of amides is 2. The van der Waals surface area contributed by atoms with E-state index in [0.717, 1.165) is 0 Å². The summed E-state index contributed by atoms with van der Waals surface area (Å²) >= 11 is 0. The molecule has 22 heavy (non-hydrogen) atoms. The molecule has 2 saturated heterocycles. The van der Waals surface area contributed by atoms with Crippen LogP contribution in [-0.2, 0) is 29.9 Å². The zero-order valence-corrected chi connectivity index (χ0v) is 14.0. The van der Waals surface area contributed by atoms with Crippen LogP contribution in [0.3, 0.4) is 0 Å². The van der Waals surface area contributed by atoms with E-state index in [9.17, 15) is 13.8 Å². The second-order valence-electron chi connectivity index (χ2n) is 5.60. The Morgan fingerprint density at radius 3 is 2.45 bits per heavy atom. The highest BCUT2D eigenvalue weighted by Crippen LogP contribution is 2.37. The molecule has 1 atom stereocenters. The maximum atomic E-state index is 12.5. The number of carbonyl (C=O) groups excluding carboxylic acids is 2. The Balaban J connectivity index is 2.01. The van der Waals surface area contributed by atoms with Crippen molar-refractivity contribution in [1.29, 1.82) is 0 Å². The summed E-state index contributed by atoms with van der Waals surface area (Å²) < 4.78 is 22.4. The van der Waals surface area contributed by atoms with Crippen LogP contribution in [0.15, 0.2) is 0 Å². The highest BCUT2D eigenvalue weighted by molar-refractivity contribution is 7.87. The lowest BCUT2D eigenvalue weighted by molar-refractivity contribution is -0.136.